The Kier molecular flexibility index (Phi) is 5.51. The zero-order valence-electron chi connectivity index (χ0n) is 18.6. The van der Waals surface area contributed by atoms with Crippen LogP contribution in [0.2, 0.25) is 0 Å². The second-order valence-corrected chi connectivity index (χ2v) is 8.16. The highest BCUT2D eigenvalue weighted by Gasteiger charge is 2.20. The Morgan fingerprint density at radius 3 is 2.36 bits per heavy atom. The van der Waals surface area contributed by atoms with E-state index in [0.717, 1.165) is 22.2 Å². The van der Waals surface area contributed by atoms with Crippen LogP contribution in [0.3, 0.4) is 0 Å². The smallest absolute Gasteiger partial charge is 0.274 e. The number of ether oxygens (including phenoxy) is 1. The first-order valence-electron chi connectivity index (χ1n) is 10.9. The second-order valence-electron chi connectivity index (χ2n) is 8.16. The third kappa shape index (κ3) is 3.93. The lowest BCUT2D eigenvalue weighted by molar-refractivity contribution is 0.0303. The highest BCUT2D eigenvalue weighted by Crippen LogP contribution is 2.30. The maximum atomic E-state index is 13.2. The Morgan fingerprint density at radius 2 is 1.70 bits per heavy atom. The monoisotopic (exact) mass is 444 g/mol. The molecule has 0 saturated carbocycles. The first-order chi connectivity index (χ1) is 16.0. The number of nitrogens with zero attached hydrogens (tertiary/aromatic N) is 4. The van der Waals surface area contributed by atoms with Crippen molar-refractivity contribution in [1.29, 1.82) is 0 Å². The molecule has 0 bridgehead atoms. The topological polar surface area (TPSA) is 90.5 Å². The molecule has 0 unspecified atom stereocenters. The molecule has 0 N–H and O–H groups in total. The average Bonchev–Trinajstić information content (AvgIpc) is 3.19. The molecular formula is C25H24N4O4. The molecule has 1 aliphatic heterocycles. The molecule has 33 heavy (non-hydrogen) atoms. The maximum absolute atomic E-state index is 13.2. The second kappa shape index (κ2) is 8.63. The van der Waals surface area contributed by atoms with E-state index < -0.39 is 0 Å². The lowest BCUT2D eigenvalue weighted by atomic mass is 10.0. The van der Waals surface area contributed by atoms with Crippen LogP contribution in [0.25, 0.3) is 22.0 Å². The largest absolute Gasteiger partial charge is 0.378 e. The average molecular weight is 444 g/mol. The molecule has 8 nitrogen and oxygen atoms in total. The van der Waals surface area contributed by atoms with Crippen molar-refractivity contribution in [2.45, 2.75) is 20.4 Å². The minimum absolute atomic E-state index is 0.00783. The molecule has 1 aliphatic rings. The van der Waals surface area contributed by atoms with Crippen molar-refractivity contribution < 1.29 is 14.1 Å². The Morgan fingerprint density at radius 1 is 1.00 bits per heavy atom. The summed E-state index contributed by atoms with van der Waals surface area (Å²) in [5.41, 5.74) is 3.52. The van der Waals surface area contributed by atoms with Crippen molar-refractivity contribution in [3.63, 3.8) is 0 Å². The summed E-state index contributed by atoms with van der Waals surface area (Å²) in [4.78, 5) is 27.7. The molecule has 2 aromatic carbocycles. The number of aromatic nitrogens is 3. The summed E-state index contributed by atoms with van der Waals surface area (Å²) in [7, 11) is 0. The molecule has 3 heterocycles. The molecule has 1 saturated heterocycles. The predicted octanol–water partition coefficient (Wildman–Crippen LogP) is 3.19. The summed E-state index contributed by atoms with van der Waals surface area (Å²) >= 11 is 0. The number of hydrogen-bond donors (Lipinski definition) is 0. The number of fused-ring (bicyclic) bond motifs is 1. The summed E-state index contributed by atoms with van der Waals surface area (Å²) < 4.78 is 12.1. The van der Waals surface area contributed by atoms with Crippen LogP contribution in [0, 0.1) is 13.8 Å². The fourth-order valence-corrected chi connectivity index (χ4v) is 4.22. The van der Waals surface area contributed by atoms with Crippen molar-refractivity contribution in [3.05, 3.63) is 81.5 Å². The van der Waals surface area contributed by atoms with Gasteiger partial charge in [0.2, 0.25) is 0 Å². The summed E-state index contributed by atoms with van der Waals surface area (Å²) in [6.45, 7) is 6.31. The number of carbonyl (C=O) groups is 1. The Bertz CT molecular complexity index is 1360. The van der Waals surface area contributed by atoms with Gasteiger partial charge in [0.05, 0.1) is 36.4 Å². The first kappa shape index (κ1) is 21.1. The molecule has 0 radical (unpaired) electrons. The summed E-state index contributed by atoms with van der Waals surface area (Å²) in [6, 6.07) is 14.8. The zero-order valence-corrected chi connectivity index (χ0v) is 18.6. The van der Waals surface area contributed by atoms with Crippen LogP contribution in [-0.4, -0.2) is 52.0 Å². The molecule has 8 heteroatoms. The van der Waals surface area contributed by atoms with E-state index in [-0.39, 0.29) is 18.0 Å². The highest BCUT2D eigenvalue weighted by atomic mass is 16.5. The van der Waals surface area contributed by atoms with Crippen LogP contribution >= 0.6 is 0 Å². The van der Waals surface area contributed by atoms with Crippen LogP contribution in [-0.2, 0) is 11.3 Å². The van der Waals surface area contributed by atoms with Gasteiger partial charge < -0.3 is 14.2 Å². The number of amides is 1. The Hall–Kier alpha value is -3.78. The molecule has 2 aromatic heterocycles. The highest BCUT2D eigenvalue weighted by molar-refractivity contribution is 5.95. The van der Waals surface area contributed by atoms with Gasteiger partial charge in [-0.25, -0.2) is 4.68 Å². The molecule has 0 aliphatic carbocycles. The van der Waals surface area contributed by atoms with E-state index in [2.05, 4.69) is 5.16 Å². The number of morpholine rings is 1. The third-order valence-electron chi connectivity index (χ3n) is 5.97. The fourth-order valence-electron chi connectivity index (χ4n) is 4.22. The van der Waals surface area contributed by atoms with E-state index in [4.69, 9.17) is 14.4 Å². The lowest BCUT2D eigenvalue weighted by Gasteiger charge is -2.26. The van der Waals surface area contributed by atoms with E-state index >= 15 is 0 Å². The third-order valence-corrected chi connectivity index (χ3v) is 5.97. The van der Waals surface area contributed by atoms with Crippen LogP contribution in [0.4, 0.5) is 0 Å². The van der Waals surface area contributed by atoms with Crippen LogP contribution in [0.5, 0.6) is 0 Å². The number of rotatable bonds is 4. The Labute approximate surface area is 190 Å². The van der Waals surface area contributed by atoms with Crippen molar-refractivity contribution in [3.8, 4) is 11.3 Å². The van der Waals surface area contributed by atoms with Gasteiger partial charge in [-0.2, -0.15) is 5.10 Å². The summed E-state index contributed by atoms with van der Waals surface area (Å²) in [5.74, 6) is 0.646. The van der Waals surface area contributed by atoms with Crippen molar-refractivity contribution >= 4 is 16.7 Å². The number of aryl methyl sites for hydroxylation is 2. The Balaban J connectivity index is 1.50. The molecular weight excluding hydrogens is 420 g/mol. The molecule has 0 spiro atoms. The van der Waals surface area contributed by atoms with Crippen LogP contribution in [0.15, 0.2) is 57.8 Å². The van der Waals surface area contributed by atoms with Gasteiger partial charge in [-0.3, -0.25) is 9.59 Å². The summed E-state index contributed by atoms with van der Waals surface area (Å²) in [6.07, 6.45) is 0. The minimum atomic E-state index is -0.172. The number of carbonyl (C=O) groups excluding carboxylic acids is 1. The quantitative estimate of drug-likeness (QED) is 0.480. The molecule has 0 atom stereocenters. The minimum Gasteiger partial charge on any atom is -0.378 e. The van der Waals surface area contributed by atoms with Crippen LogP contribution < -0.4 is 5.56 Å². The van der Waals surface area contributed by atoms with E-state index in [9.17, 15) is 9.59 Å². The van der Waals surface area contributed by atoms with Gasteiger partial charge in [-0.1, -0.05) is 35.5 Å². The van der Waals surface area contributed by atoms with Crippen molar-refractivity contribution in [1.82, 2.24) is 19.8 Å². The van der Waals surface area contributed by atoms with Gasteiger partial charge in [0.15, 0.2) is 0 Å². The lowest BCUT2D eigenvalue weighted by Crippen LogP contribution is -2.40. The van der Waals surface area contributed by atoms with E-state index in [1.807, 2.05) is 50.2 Å². The molecule has 1 fully saturated rings. The van der Waals surface area contributed by atoms with Gasteiger partial charge >= 0.3 is 0 Å². The fraction of sp³-hybridized carbons (Fsp3) is 0.280. The van der Waals surface area contributed by atoms with Crippen molar-refractivity contribution in [2.75, 3.05) is 26.3 Å². The molecule has 4 aromatic rings. The van der Waals surface area contributed by atoms with Gasteiger partial charge in [-0.15, -0.1) is 0 Å². The van der Waals surface area contributed by atoms with Crippen molar-refractivity contribution in [2.24, 2.45) is 0 Å². The molecule has 1 amide bonds. The number of benzene rings is 2. The van der Waals surface area contributed by atoms with E-state index in [1.165, 1.54) is 4.68 Å². The summed E-state index contributed by atoms with van der Waals surface area (Å²) in [5, 5.41) is 10.1. The number of hydrogen-bond acceptors (Lipinski definition) is 6. The van der Waals surface area contributed by atoms with Gasteiger partial charge in [0.1, 0.15) is 11.5 Å². The zero-order chi connectivity index (χ0) is 22.9. The predicted molar refractivity (Wildman–Crippen MR) is 123 cm³/mol. The van der Waals surface area contributed by atoms with Gasteiger partial charge in [-0.05, 0) is 37.6 Å². The standard InChI is InChI=1S/C25H24N4O4/c1-16-22(17(2)33-27-16)23-20-5-3-4-6-21(20)25(31)29(26-23)15-18-7-9-19(10-8-18)24(30)28-11-13-32-14-12-28/h3-10H,11-15H2,1-2H3. The van der Waals surface area contributed by atoms with E-state index in [1.54, 1.807) is 17.0 Å². The first-order valence-corrected chi connectivity index (χ1v) is 10.9. The van der Waals surface area contributed by atoms with Gasteiger partial charge in [0.25, 0.3) is 11.5 Å². The molecule has 5 rings (SSSR count). The maximum Gasteiger partial charge on any atom is 0.274 e. The SMILES string of the molecule is Cc1noc(C)c1-c1nn(Cc2ccc(C(=O)N3CCOCC3)cc2)c(=O)c2ccccc12. The molecule has 168 valence electrons. The van der Waals surface area contributed by atoms with Crippen LogP contribution in [0.1, 0.15) is 27.4 Å². The van der Waals surface area contributed by atoms with Gasteiger partial charge in [0, 0.05) is 24.0 Å². The van der Waals surface area contributed by atoms with E-state index in [0.29, 0.717) is 48.7 Å². The normalized spacial score (nSPS) is 14.1.